The van der Waals surface area contributed by atoms with Crippen LogP contribution in [-0.4, -0.2) is 26.5 Å². The van der Waals surface area contributed by atoms with Gasteiger partial charge in [-0.25, -0.2) is 15.0 Å². The van der Waals surface area contributed by atoms with Crippen molar-refractivity contribution >= 4 is 17.0 Å². The van der Waals surface area contributed by atoms with E-state index in [1.807, 2.05) is 30.5 Å². The van der Waals surface area contributed by atoms with Crippen LogP contribution in [0.15, 0.2) is 67.1 Å². The topological polar surface area (TPSA) is 66.5 Å². The van der Waals surface area contributed by atoms with Crippen molar-refractivity contribution < 1.29 is 0 Å². The highest BCUT2D eigenvalue weighted by atomic mass is 15.1. The molecule has 1 aromatic carbocycles. The van der Waals surface area contributed by atoms with Gasteiger partial charge in [0.05, 0.1) is 5.69 Å². The summed E-state index contributed by atoms with van der Waals surface area (Å²) < 4.78 is 0. The van der Waals surface area contributed by atoms with Crippen LogP contribution in [0.1, 0.15) is 5.56 Å². The van der Waals surface area contributed by atoms with Gasteiger partial charge in [-0.3, -0.25) is 0 Å². The van der Waals surface area contributed by atoms with Crippen molar-refractivity contribution in [1.82, 2.24) is 19.9 Å². The van der Waals surface area contributed by atoms with Crippen LogP contribution >= 0.6 is 0 Å². The van der Waals surface area contributed by atoms with Crippen molar-refractivity contribution in [2.75, 3.05) is 11.9 Å². The maximum Gasteiger partial charge on any atom is 0.223 e. The first-order valence-electron chi connectivity index (χ1n) is 7.93. The molecule has 118 valence electrons. The summed E-state index contributed by atoms with van der Waals surface area (Å²) >= 11 is 0. The van der Waals surface area contributed by atoms with Gasteiger partial charge in [0.2, 0.25) is 5.95 Å². The molecule has 0 spiro atoms. The summed E-state index contributed by atoms with van der Waals surface area (Å²) in [5, 5.41) is 4.36. The Morgan fingerprint density at radius 2 is 1.83 bits per heavy atom. The molecule has 5 nitrogen and oxygen atoms in total. The van der Waals surface area contributed by atoms with Crippen molar-refractivity contribution in [2.24, 2.45) is 0 Å². The fourth-order valence-corrected chi connectivity index (χ4v) is 2.73. The lowest BCUT2D eigenvalue weighted by Crippen LogP contribution is -2.08. The predicted molar refractivity (Wildman–Crippen MR) is 95.8 cm³/mol. The molecule has 0 saturated carbocycles. The number of hydrogen-bond donors (Lipinski definition) is 2. The molecule has 0 aliphatic heterocycles. The van der Waals surface area contributed by atoms with Gasteiger partial charge in [-0.2, -0.15) is 0 Å². The third-order valence-corrected chi connectivity index (χ3v) is 3.92. The third kappa shape index (κ3) is 2.96. The minimum absolute atomic E-state index is 0.640. The van der Waals surface area contributed by atoms with E-state index in [1.54, 1.807) is 12.4 Å². The fraction of sp³-hybridized carbons (Fsp3) is 0.105. The maximum atomic E-state index is 4.63. The Hall–Kier alpha value is -3.21. The predicted octanol–water partition coefficient (Wildman–Crippen LogP) is 3.67. The lowest BCUT2D eigenvalue weighted by molar-refractivity contribution is 0.985. The monoisotopic (exact) mass is 315 g/mol. The fourth-order valence-electron chi connectivity index (χ4n) is 2.73. The molecular weight excluding hydrogens is 298 g/mol. The Kier molecular flexibility index (Phi) is 3.90. The number of aromatic nitrogens is 4. The highest BCUT2D eigenvalue weighted by Gasteiger charge is 2.08. The number of fused-ring (bicyclic) bond motifs is 1. The summed E-state index contributed by atoms with van der Waals surface area (Å²) in [5.41, 5.74) is 4.08. The van der Waals surface area contributed by atoms with E-state index >= 15 is 0 Å². The lowest BCUT2D eigenvalue weighted by Gasteiger charge is -2.06. The van der Waals surface area contributed by atoms with Gasteiger partial charge in [0.1, 0.15) is 5.65 Å². The number of H-pyrrole nitrogens is 1. The van der Waals surface area contributed by atoms with Crippen LogP contribution in [0.2, 0.25) is 0 Å². The molecule has 24 heavy (non-hydrogen) atoms. The number of benzene rings is 1. The van der Waals surface area contributed by atoms with Gasteiger partial charge in [0, 0.05) is 36.1 Å². The zero-order valence-electron chi connectivity index (χ0n) is 13.1. The number of pyridine rings is 1. The lowest BCUT2D eigenvalue weighted by atomic mass is 10.1. The average molecular weight is 315 g/mol. The van der Waals surface area contributed by atoms with E-state index in [0.717, 1.165) is 35.3 Å². The molecule has 4 rings (SSSR count). The molecule has 0 aliphatic carbocycles. The number of nitrogens with zero attached hydrogens (tertiary/aromatic N) is 3. The molecule has 0 unspecified atom stereocenters. The highest BCUT2D eigenvalue weighted by Crippen LogP contribution is 2.26. The summed E-state index contributed by atoms with van der Waals surface area (Å²) in [4.78, 5) is 16.4. The van der Waals surface area contributed by atoms with Crippen molar-refractivity contribution in [3.05, 3.63) is 72.7 Å². The van der Waals surface area contributed by atoms with Crippen LogP contribution in [0.3, 0.4) is 0 Å². The summed E-state index contributed by atoms with van der Waals surface area (Å²) in [6.07, 6.45) is 6.43. The minimum atomic E-state index is 0.640. The Morgan fingerprint density at radius 1 is 0.917 bits per heavy atom. The van der Waals surface area contributed by atoms with Crippen molar-refractivity contribution in [3.63, 3.8) is 0 Å². The normalized spacial score (nSPS) is 10.8. The van der Waals surface area contributed by atoms with Gasteiger partial charge in [-0.15, -0.1) is 0 Å². The van der Waals surface area contributed by atoms with Crippen molar-refractivity contribution in [1.29, 1.82) is 0 Å². The maximum absolute atomic E-state index is 4.63. The van der Waals surface area contributed by atoms with Crippen molar-refractivity contribution in [3.8, 4) is 11.3 Å². The number of hydrogen-bond acceptors (Lipinski definition) is 4. The molecule has 2 N–H and O–H groups in total. The first-order valence-corrected chi connectivity index (χ1v) is 7.93. The standard InChI is InChI=1S/C19H17N5/c1-2-5-14(6-3-1)8-11-21-19-22-12-9-17(24-19)16-13-23-18-15(16)7-4-10-20-18/h1-7,9-10,12-13H,8,11H2,(H,20,23)(H,21,22,24). The summed E-state index contributed by atoms with van der Waals surface area (Å²) in [5.74, 6) is 0.640. The summed E-state index contributed by atoms with van der Waals surface area (Å²) in [7, 11) is 0. The van der Waals surface area contributed by atoms with Gasteiger partial charge < -0.3 is 10.3 Å². The Morgan fingerprint density at radius 3 is 2.75 bits per heavy atom. The molecule has 0 fully saturated rings. The largest absolute Gasteiger partial charge is 0.354 e. The van der Waals surface area contributed by atoms with Crippen LogP contribution in [0, 0.1) is 0 Å². The second kappa shape index (κ2) is 6.50. The van der Waals surface area contributed by atoms with Gasteiger partial charge in [-0.1, -0.05) is 30.3 Å². The summed E-state index contributed by atoms with van der Waals surface area (Å²) in [6.45, 7) is 0.795. The molecule has 0 bridgehead atoms. The quantitative estimate of drug-likeness (QED) is 0.589. The van der Waals surface area contributed by atoms with E-state index in [2.05, 4.69) is 49.5 Å². The molecule has 3 aromatic heterocycles. The molecule has 0 saturated heterocycles. The molecule has 5 heteroatoms. The molecule has 0 atom stereocenters. The zero-order chi connectivity index (χ0) is 16.2. The van der Waals surface area contributed by atoms with Crippen molar-refractivity contribution in [2.45, 2.75) is 6.42 Å². The Labute approximate surface area is 139 Å². The highest BCUT2D eigenvalue weighted by molar-refractivity contribution is 5.92. The van der Waals surface area contributed by atoms with Gasteiger partial charge in [0.15, 0.2) is 0 Å². The van der Waals surface area contributed by atoms with Crippen LogP contribution in [0.4, 0.5) is 5.95 Å². The number of anilines is 1. The van der Waals surface area contributed by atoms with E-state index in [0.29, 0.717) is 5.95 Å². The number of nitrogens with one attached hydrogen (secondary N) is 2. The van der Waals surface area contributed by atoms with E-state index < -0.39 is 0 Å². The van der Waals surface area contributed by atoms with E-state index in [1.165, 1.54) is 5.56 Å². The Balaban J connectivity index is 1.51. The van der Waals surface area contributed by atoms with Crippen LogP contribution in [-0.2, 0) is 6.42 Å². The molecule has 4 aromatic rings. The molecule has 0 radical (unpaired) electrons. The molecule has 0 aliphatic rings. The first kappa shape index (κ1) is 14.4. The molecular formula is C19H17N5. The second-order valence-electron chi connectivity index (χ2n) is 5.53. The Bertz CT molecular complexity index is 946. The van der Waals surface area contributed by atoms with E-state index in [4.69, 9.17) is 0 Å². The number of rotatable bonds is 5. The summed E-state index contributed by atoms with van der Waals surface area (Å²) in [6, 6.07) is 16.3. The van der Waals surface area contributed by atoms with E-state index in [9.17, 15) is 0 Å². The smallest absolute Gasteiger partial charge is 0.223 e. The van der Waals surface area contributed by atoms with Gasteiger partial charge in [0.25, 0.3) is 0 Å². The minimum Gasteiger partial charge on any atom is -0.354 e. The van der Waals surface area contributed by atoms with Gasteiger partial charge in [-0.05, 0) is 30.2 Å². The average Bonchev–Trinajstić information content (AvgIpc) is 3.07. The first-order chi connectivity index (χ1) is 11.9. The number of aromatic amines is 1. The van der Waals surface area contributed by atoms with Crippen LogP contribution in [0.25, 0.3) is 22.3 Å². The molecule has 0 amide bonds. The van der Waals surface area contributed by atoms with E-state index in [-0.39, 0.29) is 0 Å². The third-order valence-electron chi connectivity index (χ3n) is 3.92. The molecule has 3 heterocycles. The van der Waals surface area contributed by atoms with Gasteiger partial charge >= 0.3 is 0 Å². The van der Waals surface area contributed by atoms with Crippen LogP contribution in [0.5, 0.6) is 0 Å². The zero-order valence-corrected chi connectivity index (χ0v) is 13.1. The second-order valence-corrected chi connectivity index (χ2v) is 5.53. The van der Waals surface area contributed by atoms with Crippen LogP contribution < -0.4 is 5.32 Å². The SMILES string of the molecule is c1ccc(CCNc2nccc(-c3c[nH]c4ncccc34)n2)cc1.